The Labute approximate surface area is 219 Å². The van der Waals surface area contributed by atoms with E-state index in [-0.39, 0.29) is 17.4 Å². The number of pyridine rings is 2. The van der Waals surface area contributed by atoms with Gasteiger partial charge in [-0.3, -0.25) is 9.59 Å². The number of hydrogen-bond donors (Lipinski definition) is 3. The number of Topliss-reactive ketones (excluding diaryl/α,β-unsaturated/α-hetero) is 1. The van der Waals surface area contributed by atoms with Crippen LogP contribution in [0.5, 0.6) is 0 Å². The van der Waals surface area contributed by atoms with Crippen LogP contribution in [0.1, 0.15) is 30.1 Å². The summed E-state index contributed by atoms with van der Waals surface area (Å²) in [4.78, 5) is 43.6. The second-order valence-corrected chi connectivity index (χ2v) is 10.4. The molecule has 2 bridgehead atoms. The van der Waals surface area contributed by atoms with Gasteiger partial charge in [0.05, 0.1) is 11.2 Å². The molecule has 0 aliphatic carbocycles. The maximum absolute atomic E-state index is 13.6. The molecule has 38 heavy (non-hydrogen) atoms. The number of aromatic nitrogens is 4. The molecule has 3 N–H and O–H groups in total. The van der Waals surface area contributed by atoms with Crippen molar-refractivity contribution in [3.05, 3.63) is 76.7 Å². The quantitative estimate of drug-likeness (QED) is 0.296. The molecule has 3 aliphatic heterocycles. The lowest BCUT2D eigenvalue weighted by molar-refractivity contribution is 0.0976. The first-order valence-corrected chi connectivity index (χ1v) is 13.1. The summed E-state index contributed by atoms with van der Waals surface area (Å²) in [7, 11) is 0. The fourth-order valence-corrected chi connectivity index (χ4v) is 6.04. The van der Waals surface area contributed by atoms with Gasteiger partial charge in [0.1, 0.15) is 16.9 Å². The van der Waals surface area contributed by atoms with Crippen molar-refractivity contribution in [3.8, 4) is 22.5 Å². The lowest BCUT2D eigenvalue weighted by Crippen LogP contribution is -2.53. The van der Waals surface area contributed by atoms with Crippen LogP contribution in [-0.4, -0.2) is 56.3 Å². The zero-order chi connectivity index (χ0) is 25.8. The Balaban J connectivity index is 1.44. The van der Waals surface area contributed by atoms with E-state index >= 15 is 0 Å². The highest BCUT2D eigenvalue weighted by Gasteiger charge is 2.35. The predicted octanol–water partition coefficient (Wildman–Crippen LogP) is 4.84. The van der Waals surface area contributed by atoms with Crippen LogP contribution >= 0.6 is 0 Å². The molecule has 3 saturated heterocycles. The summed E-state index contributed by atoms with van der Waals surface area (Å²) in [5, 5.41) is 4.73. The Hall–Kier alpha value is -4.30. The van der Waals surface area contributed by atoms with E-state index in [0.29, 0.717) is 34.0 Å². The smallest absolute Gasteiger partial charge is 0.261 e. The number of ketones is 1. The third-order valence-electron chi connectivity index (χ3n) is 8.09. The van der Waals surface area contributed by atoms with E-state index in [1.807, 2.05) is 48.5 Å². The van der Waals surface area contributed by atoms with Crippen molar-refractivity contribution >= 4 is 33.5 Å². The largest absolute Gasteiger partial charge is 0.379 e. The average molecular weight is 505 g/mol. The minimum Gasteiger partial charge on any atom is -0.379 e. The summed E-state index contributed by atoms with van der Waals surface area (Å²) >= 11 is 0. The monoisotopic (exact) mass is 504 g/mol. The van der Waals surface area contributed by atoms with Gasteiger partial charge in [0.2, 0.25) is 0 Å². The van der Waals surface area contributed by atoms with E-state index in [9.17, 15) is 9.59 Å². The molecule has 0 saturated carbocycles. The van der Waals surface area contributed by atoms with E-state index < -0.39 is 0 Å². The Bertz CT molecular complexity index is 1730. The molecule has 6 heterocycles. The number of carbonyl (C=O) groups excluding carboxylic acids is 1. The van der Waals surface area contributed by atoms with Crippen molar-refractivity contribution in [2.45, 2.75) is 25.8 Å². The Morgan fingerprint density at radius 3 is 2.63 bits per heavy atom. The van der Waals surface area contributed by atoms with Crippen LogP contribution in [0.2, 0.25) is 0 Å². The number of nitrogens with zero attached hydrogens (tertiary/aromatic N) is 3. The van der Waals surface area contributed by atoms with Gasteiger partial charge in [0.15, 0.2) is 11.4 Å². The van der Waals surface area contributed by atoms with Crippen molar-refractivity contribution in [2.24, 2.45) is 5.92 Å². The van der Waals surface area contributed by atoms with Crippen LogP contribution in [0.3, 0.4) is 0 Å². The molecule has 5 aromatic rings. The molecular weight excluding hydrogens is 476 g/mol. The van der Waals surface area contributed by atoms with Gasteiger partial charge in [-0.15, -0.1) is 0 Å². The van der Waals surface area contributed by atoms with Gasteiger partial charge >= 0.3 is 0 Å². The molecule has 3 aromatic heterocycles. The van der Waals surface area contributed by atoms with Crippen LogP contribution < -0.4 is 10.9 Å². The number of H-pyrrole nitrogens is 2. The van der Waals surface area contributed by atoms with E-state index in [4.69, 9.17) is 4.98 Å². The maximum atomic E-state index is 13.6. The van der Waals surface area contributed by atoms with E-state index in [1.165, 1.54) is 0 Å². The molecule has 0 radical (unpaired) electrons. The van der Waals surface area contributed by atoms with Crippen molar-refractivity contribution < 1.29 is 4.79 Å². The summed E-state index contributed by atoms with van der Waals surface area (Å²) in [5.41, 5.74) is 5.78. The summed E-state index contributed by atoms with van der Waals surface area (Å²) in [6.07, 6.45) is 4.03. The molecule has 0 amide bonds. The first-order chi connectivity index (χ1) is 18.5. The summed E-state index contributed by atoms with van der Waals surface area (Å²) in [6, 6.07) is 17.7. The Morgan fingerprint density at radius 2 is 1.87 bits per heavy atom. The summed E-state index contributed by atoms with van der Waals surface area (Å²) < 4.78 is 0. The standard InChI is InChI=1S/C30H28N6O2/c1-17(37)19-4-2-5-20(14-19)21-7-8-23-22(15-21)27(32-25-16-36-12-9-18(25)10-13-36)26(30(38)34-23)29-33-24-6-3-11-31-28(24)35-29/h2-8,11,14-15,18,25H,9-10,12-13,16H2,1H3,(H,31,33,35)(H2,32,34,38)/t25-/m0/s1. The van der Waals surface area contributed by atoms with Crippen molar-refractivity contribution in [1.29, 1.82) is 0 Å². The fraction of sp³-hybridized carbons (Fsp3) is 0.267. The molecule has 190 valence electrons. The van der Waals surface area contributed by atoms with Crippen LogP contribution in [0.25, 0.3) is 44.6 Å². The Kier molecular flexibility index (Phi) is 5.37. The minimum atomic E-state index is -0.202. The second-order valence-electron chi connectivity index (χ2n) is 10.4. The van der Waals surface area contributed by atoms with E-state index in [2.05, 4.69) is 31.2 Å². The molecule has 3 fully saturated rings. The molecule has 3 aliphatic rings. The van der Waals surface area contributed by atoms with Gasteiger partial charge in [-0.05, 0) is 80.2 Å². The van der Waals surface area contributed by atoms with Crippen molar-refractivity contribution in [1.82, 2.24) is 24.8 Å². The zero-order valence-electron chi connectivity index (χ0n) is 21.1. The zero-order valence-corrected chi connectivity index (χ0v) is 21.1. The number of benzene rings is 2. The molecule has 8 heteroatoms. The second kappa shape index (κ2) is 8.92. The lowest BCUT2D eigenvalue weighted by atomic mass is 9.83. The average Bonchev–Trinajstić information content (AvgIpc) is 3.37. The number of rotatable bonds is 5. The SMILES string of the molecule is CC(=O)c1cccc(-c2ccc3[nH]c(=O)c(-c4nc5cccnc5[nH]4)c(N[C@H]4CN5CCC4CC5)c3c2)c1. The van der Waals surface area contributed by atoms with Crippen molar-refractivity contribution in [3.63, 3.8) is 0 Å². The van der Waals surface area contributed by atoms with Gasteiger partial charge in [0, 0.05) is 29.7 Å². The number of imidazole rings is 1. The summed E-state index contributed by atoms with van der Waals surface area (Å²) in [6.45, 7) is 4.81. The van der Waals surface area contributed by atoms with Crippen LogP contribution in [0, 0.1) is 5.92 Å². The Morgan fingerprint density at radius 1 is 1.03 bits per heavy atom. The van der Waals surface area contributed by atoms with Gasteiger partial charge < -0.3 is 20.2 Å². The lowest BCUT2D eigenvalue weighted by Gasteiger charge is -2.45. The molecule has 1 atom stereocenters. The molecule has 0 unspecified atom stereocenters. The molecule has 0 spiro atoms. The van der Waals surface area contributed by atoms with Gasteiger partial charge in [0.25, 0.3) is 5.56 Å². The highest BCUT2D eigenvalue weighted by atomic mass is 16.1. The normalized spacial score (nSPS) is 20.7. The molecule has 8 rings (SSSR count). The number of hydrogen-bond acceptors (Lipinski definition) is 6. The maximum Gasteiger partial charge on any atom is 0.261 e. The van der Waals surface area contributed by atoms with Crippen LogP contribution in [-0.2, 0) is 0 Å². The number of carbonyl (C=O) groups is 1. The topological polar surface area (TPSA) is 107 Å². The molecule has 2 aromatic carbocycles. The number of piperidine rings is 3. The van der Waals surface area contributed by atoms with E-state index in [0.717, 1.165) is 60.2 Å². The van der Waals surface area contributed by atoms with Crippen LogP contribution in [0.4, 0.5) is 5.69 Å². The number of nitrogens with one attached hydrogen (secondary N) is 3. The summed E-state index contributed by atoms with van der Waals surface area (Å²) in [5.74, 6) is 1.09. The predicted molar refractivity (Wildman–Crippen MR) is 149 cm³/mol. The van der Waals surface area contributed by atoms with Gasteiger partial charge in [-0.25, -0.2) is 9.97 Å². The van der Waals surface area contributed by atoms with Crippen molar-refractivity contribution in [2.75, 3.05) is 25.0 Å². The molecule has 8 nitrogen and oxygen atoms in total. The first kappa shape index (κ1) is 22.9. The highest BCUT2D eigenvalue weighted by molar-refractivity contribution is 6.01. The number of fused-ring (bicyclic) bond motifs is 5. The van der Waals surface area contributed by atoms with Crippen LogP contribution in [0.15, 0.2) is 65.6 Å². The third kappa shape index (κ3) is 3.88. The van der Waals surface area contributed by atoms with Gasteiger partial charge in [-0.2, -0.15) is 0 Å². The fourth-order valence-electron chi connectivity index (χ4n) is 6.04. The third-order valence-corrected chi connectivity index (χ3v) is 8.09. The molecular formula is C30H28N6O2. The van der Waals surface area contributed by atoms with E-state index in [1.54, 1.807) is 13.1 Å². The van der Waals surface area contributed by atoms with Gasteiger partial charge in [-0.1, -0.05) is 24.3 Å². The first-order valence-electron chi connectivity index (χ1n) is 13.1. The highest BCUT2D eigenvalue weighted by Crippen LogP contribution is 2.37. The minimum absolute atomic E-state index is 0.0301. The number of anilines is 1. The number of aromatic amines is 2.